The van der Waals surface area contributed by atoms with Crippen LogP contribution < -0.4 is 16.0 Å². The van der Waals surface area contributed by atoms with E-state index in [1.54, 1.807) is 0 Å². The highest BCUT2D eigenvalue weighted by molar-refractivity contribution is 6.24. The van der Waals surface area contributed by atoms with E-state index in [0.717, 1.165) is 38.1 Å². The minimum absolute atomic E-state index is 0.0430. The van der Waals surface area contributed by atoms with Crippen molar-refractivity contribution in [2.45, 2.75) is 156 Å². The average molecular weight is 629 g/mol. The van der Waals surface area contributed by atoms with Crippen LogP contribution in [0.1, 0.15) is 116 Å². The molecule has 0 spiro atoms. The van der Waals surface area contributed by atoms with E-state index in [-0.39, 0.29) is 69.6 Å². The molecule has 2 saturated heterocycles. The largest absolute Gasteiger partial charge is 0.458 e. The van der Waals surface area contributed by atoms with Gasteiger partial charge in [0.15, 0.2) is 0 Å². The average Bonchev–Trinajstić information content (AvgIpc) is 2.81. The molecule has 2 fully saturated rings. The number of aromatic nitrogens is 3. The van der Waals surface area contributed by atoms with Gasteiger partial charge in [-0.05, 0) is 128 Å². The van der Waals surface area contributed by atoms with Crippen LogP contribution in [0.4, 0.5) is 17.8 Å². The lowest BCUT2D eigenvalue weighted by atomic mass is 9.74. The molecule has 2 aliphatic heterocycles. The molecule has 12 heteroatoms. The second-order valence-electron chi connectivity index (χ2n) is 16.6. The van der Waals surface area contributed by atoms with E-state index in [4.69, 9.17) is 9.47 Å². The molecule has 0 bridgehead atoms. The van der Waals surface area contributed by atoms with Crippen molar-refractivity contribution in [3.63, 3.8) is 0 Å². The van der Waals surface area contributed by atoms with Gasteiger partial charge in [0.05, 0.1) is 0 Å². The van der Waals surface area contributed by atoms with Crippen LogP contribution in [0.3, 0.4) is 0 Å². The zero-order valence-corrected chi connectivity index (χ0v) is 29.7. The summed E-state index contributed by atoms with van der Waals surface area (Å²) >= 11 is 0. The van der Waals surface area contributed by atoms with Crippen molar-refractivity contribution >= 4 is 42.2 Å². The molecule has 0 amide bonds. The molecule has 0 saturated carbocycles. The number of esters is 2. The van der Waals surface area contributed by atoms with Crippen LogP contribution in [0, 0.1) is 11.8 Å². The Morgan fingerprint density at radius 1 is 0.733 bits per heavy atom. The minimum Gasteiger partial charge on any atom is -0.458 e. The Bertz CT molecular complexity index is 1160. The van der Waals surface area contributed by atoms with Crippen molar-refractivity contribution in [1.82, 2.24) is 25.6 Å². The molecule has 1 aromatic rings. The van der Waals surface area contributed by atoms with E-state index in [1.165, 1.54) is 0 Å². The molecule has 3 heterocycles. The van der Waals surface area contributed by atoms with Crippen LogP contribution in [-0.2, 0) is 19.1 Å². The van der Waals surface area contributed by atoms with Crippen molar-refractivity contribution in [2.75, 3.05) is 5.32 Å². The first-order chi connectivity index (χ1) is 20.4. The standard InChI is InChI=1S/C33H56N8O4/c1-20(22-14-30(6,7)40-31(8,9)15-22)44-24(42)18-34-26-36-27(38-28(37-26)39-29(3,4)5)35-19-25(43)45-21(2)23-16-32(10,11)41-33(12,13)17-23/h18-23,40-41H,14-17H2,1-13H3,(H,36,37,38,39). The van der Waals surface area contributed by atoms with E-state index >= 15 is 0 Å². The third-order valence-corrected chi connectivity index (χ3v) is 8.04. The quantitative estimate of drug-likeness (QED) is 0.237. The lowest BCUT2D eigenvalue weighted by Gasteiger charge is -2.47. The van der Waals surface area contributed by atoms with Gasteiger partial charge in [-0.3, -0.25) is 0 Å². The lowest BCUT2D eigenvalue weighted by Crippen LogP contribution is -2.59. The first-order valence-electron chi connectivity index (χ1n) is 16.0. The van der Waals surface area contributed by atoms with Gasteiger partial charge in [0.2, 0.25) is 5.95 Å². The molecule has 2 unspecified atom stereocenters. The first kappa shape index (κ1) is 36.5. The van der Waals surface area contributed by atoms with E-state index in [1.807, 2.05) is 34.6 Å². The van der Waals surface area contributed by atoms with Crippen LogP contribution in [0.25, 0.3) is 0 Å². The number of rotatable bonds is 9. The maximum absolute atomic E-state index is 12.8. The van der Waals surface area contributed by atoms with Crippen molar-refractivity contribution < 1.29 is 19.1 Å². The molecule has 3 N–H and O–H groups in total. The Hall–Kier alpha value is -2.99. The molecule has 45 heavy (non-hydrogen) atoms. The number of nitrogens with one attached hydrogen (secondary N) is 3. The fraction of sp³-hybridized carbons (Fsp3) is 0.788. The molecular weight excluding hydrogens is 572 g/mol. The molecular formula is C33H56N8O4. The van der Waals surface area contributed by atoms with Crippen molar-refractivity contribution in [2.24, 2.45) is 21.8 Å². The molecule has 2 aliphatic rings. The van der Waals surface area contributed by atoms with Crippen molar-refractivity contribution in [3.05, 3.63) is 0 Å². The number of piperidine rings is 2. The van der Waals surface area contributed by atoms with Gasteiger partial charge in [0.1, 0.15) is 24.6 Å². The summed E-state index contributed by atoms with van der Waals surface area (Å²) in [5.74, 6) is -0.659. The smallest absolute Gasteiger partial charge is 0.349 e. The molecule has 2 atom stereocenters. The van der Waals surface area contributed by atoms with E-state index in [2.05, 4.69) is 96.3 Å². The Morgan fingerprint density at radius 3 is 1.38 bits per heavy atom. The van der Waals surface area contributed by atoms with E-state index < -0.39 is 11.9 Å². The summed E-state index contributed by atoms with van der Waals surface area (Å²) in [4.78, 5) is 46.7. The summed E-state index contributed by atoms with van der Waals surface area (Å²) in [5.41, 5.74) is -0.634. The van der Waals surface area contributed by atoms with Crippen LogP contribution in [0.15, 0.2) is 9.98 Å². The van der Waals surface area contributed by atoms with Gasteiger partial charge in [-0.1, -0.05) is 0 Å². The Labute approximate surface area is 269 Å². The highest BCUT2D eigenvalue weighted by Gasteiger charge is 2.41. The highest BCUT2D eigenvalue weighted by atomic mass is 16.5. The summed E-state index contributed by atoms with van der Waals surface area (Å²) in [6.45, 7) is 27.0. The number of aliphatic imine (C=N–C) groups is 2. The summed E-state index contributed by atoms with van der Waals surface area (Å²) in [7, 11) is 0. The normalized spacial score (nSPS) is 23.0. The third-order valence-electron chi connectivity index (χ3n) is 8.04. The second kappa shape index (κ2) is 13.4. The second-order valence-corrected chi connectivity index (χ2v) is 16.6. The maximum Gasteiger partial charge on any atom is 0.349 e. The minimum atomic E-state index is -0.589. The van der Waals surface area contributed by atoms with E-state index in [9.17, 15) is 9.59 Å². The predicted molar refractivity (Wildman–Crippen MR) is 179 cm³/mol. The van der Waals surface area contributed by atoms with Gasteiger partial charge in [0, 0.05) is 27.7 Å². The highest BCUT2D eigenvalue weighted by Crippen LogP contribution is 2.36. The van der Waals surface area contributed by atoms with Crippen LogP contribution >= 0.6 is 0 Å². The number of ether oxygens (including phenoxy) is 2. The summed E-state index contributed by atoms with van der Waals surface area (Å²) < 4.78 is 11.5. The number of hydrogen-bond acceptors (Lipinski definition) is 12. The molecule has 0 radical (unpaired) electrons. The zero-order valence-electron chi connectivity index (χ0n) is 29.7. The van der Waals surface area contributed by atoms with Crippen LogP contribution in [-0.4, -0.2) is 79.2 Å². The first-order valence-corrected chi connectivity index (χ1v) is 16.0. The molecule has 3 rings (SSSR count). The number of nitrogens with zero attached hydrogens (tertiary/aromatic N) is 5. The van der Waals surface area contributed by atoms with Crippen LogP contribution in [0.5, 0.6) is 0 Å². The Balaban J connectivity index is 1.70. The van der Waals surface area contributed by atoms with Gasteiger partial charge in [-0.15, -0.1) is 0 Å². The topological polar surface area (TPSA) is 152 Å². The predicted octanol–water partition coefficient (Wildman–Crippen LogP) is 5.46. The van der Waals surface area contributed by atoms with Gasteiger partial charge in [-0.2, -0.15) is 15.0 Å². The monoisotopic (exact) mass is 628 g/mol. The van der Waals surface area contributed by atoms with Gasteiger partial charge in [0.25, 0.3) is 11.9 Å². The van der Waals surface area contributed by atoms with Crippen molar-refractivity contribution in [1.29, 1.82) is 0 Å². The summed E-state index contributed by atoms with van der Waals surface area (Å²) in [5, 5.41) is 10.5. The van der Waals surface area contributed by atoms with Gasteiger partial charge in [-0.25, -0.2) is 19.6 Å². The molecule has 0 aliphatic carbocycles. The Morgan fingerprint density at radius 2 is 1.07 bits per heavy atom. The molecule has 12 nitrogen and oxygen atoms in total. The summed E-state index contributed by atoms with van der Waals surface area (Å²) in [6, 6.07) is 0. The Kier molecular flexibility index (Phi) is 10.9. The van der Waals surface area contributed by atoms with Gasteiger partial charge >= 0.3 is 11.9 Å². The molecule has 252 valence electrons. The molecule has 0 aromatic carbocycles. The third kappa shape index (κ3) is 12.0. The fourth-order valence-electron chi connectivity index (χ4n) is 7.17. The van der Waals surface area contributed by atoms with Gasteiger partial charge < -0.3 is 25.4 Å². The number of anilines is 1. The number of hydrogen-bond donors (Lipinski definition) is 3. The SMILES string of the molecule is CC(OC(=O)C=Nc1nc(N=CC(=O)OC(C)C2CC(C)(C)NC(C)(C)C2)nc(NC(C)(C)C)n1)C1CC(C)(C)NC(C)(C)C1. The number of carbonyl (C=O) groups excluding carboxylic acids is 2. The maximum atomic E-state index is 12.8. The summed E-state index contributed by atoms with van der Waals surface area (Å²) in [6.07, 6.45) is 5.07. The van der Waals surface area contributed by atoms with Crippen molar-refractivity contribution in [3.8, 4) is 0 Å². The zero-order chi connectivity index (χ0) is 34.0. The fourth-order valence-corrected chi connectivity index (χ4v) is 7.17. The number of carbonyl (C=O) groups is 2. The van der Waals surface area contributed by atoms with E-state index in [0.29, 0.717) is 0 Å². The van der Waals surface area contributed by atoms with Crippen LogP contribution in [0.2, 0.25) is 0 Å². The molecule has 1 aromatic heterocycles. The lowest BCUT2D eigenvalue weighted by molar-refractivity contribution is -0.144.